The van der Waals surface area contributed by atoms with Crippen molar-refractivity contribution in [2.24, 2.45) is 0 Å². The highest BCUT2D eigenvalue weighted by molar-refractivity contribution is 5.33. The summed E-state index contributed by atoms with van der Waals surface area (Å²) in [5.41, 5.74) is 0.844. The quantitative estimate of drug-likeness (QED) is 0.591. The maximum absolute atomic E-state index is 13.8. The zero-order valence-electron chi connectivity index (χ0n) is 13.6. The number of ether oxygens (including phenoxy) is 1. The summed E-state index contributed by atoms with van der Waals surface area (Å²) in [5.74, 6) is 2.94. The summed E-state index contributed by atoms with van der Waals surface area (Å²) in [7, 11) is 0. The van der Waals surface area contributed by atoms with Crippen LogP contribution in [0, 0.1) is 25.1 Å². The average Bonchev–Trinajstić information content (AvgIpc) is 2.46. The van der Waals surface area contributed by atoms with Crippen molar-refractivity contribution in [3.63, 3.8) is 0 Å². The third kappa shape index (κ3) is 4.48. The summed E-state index contributed by atoms with van der Waals surface area (Å²) < 4.78 is 20.5. The Kier molecular flexibility index (Phi) is 6.27. The summed E-state index contributed by atoms with van der Waals surface area (Å²) in [4.78, 5) is 0. The van der Waals surface area contributed by atoms with E-state index in [-0.39, 0.29) is 5.82 Å². The summed E-state index contributed by atoms with van der Waals surface area (Å²) in [5, 5.41) is 0. The van der Waals surface area contributed by atoms with Crippen LogP contribution in [0.5, 0.6) is 5.75 Å². The van der Waals surface area contributed by atoms with Gasteiger partial charge in [-0.15, -0.1) is 6.42 Å². The molecule has 0 aliphatic carbocycles. The maximum atomic E-state index is 13.8. The number of hydrogen-bond donors (Lipinski definition) is 0. The number of rotatable bonds is 5. The second kappa shape index (κ2) is 8.19. The fourth-order valence-corrected chi connectivity index (χ4v) is 3.33. The zero-order valence-corrected chi connectivity index (χ0v) is 13.6. The van der Waals surface area contributed by atoms with Gasteiger partial charge in [-0.3, -0.25) is 0 Å². The van der Waals surface area contributed by atoms with Gasteiger partial charge in [0.2, 0.25) is 0 Å². The van der Waals surface area contributed by atoms with Crippen LogP contribution in [0.1, 0.15) is 37.7 Å². The summed E-state index contributed by atoms with van der Waals surface area (Å²) in [6.07, 6.45) is 12.0. The first-order valence-electron chi connectivity index (χ1n) is 8.33. The van der Waals surface area contributed by atoms with Gasteiger partial charge in [0.15, 0.2) is 11.6 Å². The SMILES string of the molecule is C#CC[N+]1(CCOc2c(C)cccc2F)CCCCCCC1. The molecule has 1 heterocycles. The molecule has 1 fully saturated rings. The van der Waals surface area contributed by atoms with Crippen LogP contribution in [-0.2, 0) is 0 Å². The highest BCUT2D eigenvalue weighted by atomic mass is 19.1. The van der Waals surface area contributed by atoms with Gasteiger partial charge in [0.25, 0.3) is 0 Å². The second-order valence-corrected chi connectivity index (χ2v) is 6.38. The molecule has 0 N–H and O–H groups in total. The Hall–Kier alpha value is -1.53. The van der Waals surface area contributed by atoms with E-state index in [0.717, 1.165) is 36.2 Å². The number of para-hydroxylation sites is 1. The second-order valence-electron chi connectivity index (χ2n) is 6.38. The third-order valence-electron chi connectivity index (χ3n) is 4.67. The molecular weight excluding hydrogens is 277 g/mol. The van der Waals surface area contributed by atoms with Gasteiger partial charge in [0.05, 0.1) is 13.1 Å². The van der Waals surface area contributed by atoms with E-state index in [1.165, 1.54) is 38.2 Å². The molecule has 0 spiro atoms. The molecule has 0 bridgehead atoms. The molecule has 0 atom stereocenters. The molecule has 0 aromatic heterocycles. The van der Waals surface area contributed by atoms with Crippen LogP contribution in [0.3, 0.4) is 0 Å². The van der Waals surface area contributed by atoms with Crippen molar-refractivity contribution in [1.82, 2.24) is 0 Å². The van der Waals surface area contributed by atoms with Crippen LogP contribution < -0.4 is 4.74 Å². The van der Waals surface area contributed by atoms with Crippen LogP contribution in [0.25, 0.3) is 0 Å². The molecule has 0 unspecified atom stereocenters. The lowest BCUT2D eigenvalue weighted by atomic mass is 10.1. The van der Waals surface area contributed by atoms with E-state index in [2.05, 4.69) is 5.92 Å². The van der Waals surface area contributed by atoms with E-state index in [9.17, 15) is 4.39 Å². The van der Waals surface area contributed by atoms with E-state index < -0.39 is 0 Å². The van der Waals surface area contributed by atoms with Gasteiger partial charge in [-0.1, -0.05) is 18.6 Å². The minimum atomic E-state index is -0.281. The molecule has 2 nitrogen and oxygen atoms in total. The first kappa shape index (κ1) is 16.8. The molecule has 1 aliphatic rings. The molecule has 1 saturated heterocycles. The van der Waals surface area contributed by atoms with Crippen molar-refractivity contribution in [3.8, 4) is 18.1 Å². The van der Waals surface area contributed by atoms with Gasteiger partial charge in [0, 0.05) is 0 Å². The average molecular weight is 304 g/mol. The van der Waals surface area contributed by atoms with Gasteiger partial charge >= 0.3 is 0 Å². The maximum Gasteiger partial charge on any atom is 0.165 e. The number of aryl methyl sites for hydroxylation is 1. The first-order chi connectivity index (χ1) is 10.7. The van der Waals surface area contributed by atoms with E-state index in [0.29, 0.717) is 12.4 Å². The van der Waals surface area contributed by atoms with Gasteiger partial charge in [-0.05, 0) is 50.2 Å². The molecule has 0 saturated carbocycles. The zero-order chi connectivity index (χ0) is 15.8. The van der Waals surface area contributed by atoms with Crippen LogP contribution in [0.4, 0.5) is 4.39 Å². The highest BCUT2D eigenvalue weighted by Crippen LogP contribution is 2.22. The normalized spacial score (nSPS) is 18.0. The van der Waals surface area contributed by atoms with Gasteiger partial charge in [-0.25, -0.2) is 4.39 Å². The smallest absolute Gasteiger partial charge is 0.165 e. The lowest BCUT2D eigenvalue weighted by molar-refractivity contribution is -0.922. The lowest BCUT2D eigenvalue weighted by Crippen LogP contribution is -2.52. The van der Waals surface area contributed by atoms with Crippen molar-refractivity contribution in [2.75, 3.05) is 32.8 Å². The number of benzene rings is 1. The number of nitrogens with zero attached hydrogens (tertiary/aromatic N) is 1. The monoisotopic (exact) mass is 304 g/mol. The summed E-state index contributed by atoms with van der Waals surface area (Å²) >= 11 is 0. The molecule has 22 heavy (non-hydrogen) atoms. The van der Waals surface area contributed by atoms with Crippen molar-refractivity contribution in [3.05, 3.63) is 29.6 Å². The Balaban J connectivity index is 1.98. The highest BCUT2D eigenvalue weighted by Gasteiger charge is 2.27. The molecular formula is C19H27FNO+. The van der Waals surface area contributed by atoms with E-state index >= 15 is 0 Å². The van der Waals surface area contributed by atoms with Gasteiger partial charge in [-0.2, -0.15) is 0 Å². The summed E-state index contributed by atoms with van der Waals surface area (Å²) in [6, 6.07) is 5.03. The van der Waals surface area contributed by atoms with Crippen LogP contribution >= 0.6 is 0 Å². The van der Waals surface area contributed by atoms with Crippen molar-refractivity contribution in [1.29, 1.82) is 0 Å². The standard InChI is InChI=1S/C19H27FNO/c1-3-12-21(13-7-5-4-6-8-14-21)15-16-22-19-17(2)10-9-11-18(19)20/h1,9-11H,4-8,12-16H2,2H3/q+1. The minimum Gasteiger partial charge on any atom is -0.484 e. The molecule has 0 amide bonds. The predicted octanol–water partition coefficient (Wildman–Crippen LogP) is 3.93. The summed E-state index contributed by atoms with van der Waals surface area (Å²) in [6.45, 7) is 6.23. The van der Waals surface area contributed by atoms with Gasteiger partial charge < -0.3 is 9.22 Å². The molecule has 2 rings (SSSR count). The molecule has 1 aromatic carbocycles. The van der Waals surface area contributed by atoms with Gasteiger partial charge in [0.1, 0.15) is 19.7 Å². The number of quaternary nitrogens is 1. The van der Waals surface area contributed by atoms with Crippen molar-refractivity contribution in [2.45, 2.75) is 39.0 Å². The Morgan fingerprint density at radius 2 is 1.86 bits per heavy atom. The Morgan fingerprint density at radius 3 is 2.50 bits per heavy atom. The van der Waals surface area contributed by atoms with E-state index in [4.69, 9.17) is 11.2 Å². The molecule has 3 heteroatoms. The minimum absolute atomic E-state index is 0.281. The molecule has 0 radical (unpaired) electrons. The van der Waals surface area contributed by atoms with Crippen LogP contribution in [-0.4, -0.2) is 37.3 Å². The Labute approximate surface area is 133 Å². The first-order valence-corrected chi connectivity index (χ1v) is 8.33. The molecule has 1 aliphatic heterocycles. The van der Waals surface area contributed by atoms with Crippen molar-refractivity contribution < 1.29 is 13.6 Å². The number of likely N-dealkylation sites (tertiary alicyclic amines) is 1. The van der Waals surface area contributed by atoms with Crippen LogP contribution in [0.15, 0.2) is 18.2 Å². The van der Waals surface area contributed by atoms with Crippen LogP contribution in [0.2, 0.25) is 0 Å². The lowest BCUT2D eigenvalue weighted by Gasteiger charge is -2.38. The molecule has 120 valence electrons. The number of terminal acetylenes is 1. The molecule has 1 aromatic rings. The number of halogens is 1. The number of hydrogen-bond acceptors (Lipinski definition) is 1. The topological polar surface area (TPSA) is 9.23 Å². The third-order valence-corrected chi connectivity index (χ3v) is 4.67. The van der Waals surface area contributed by atoms with Crippen molar-refractivity contribution >= 4 is 0 Å². The fraction of sp³-hybridized carbons (Fsp3) is 0.579. The fourth-order valence-electron chi connectivity index (χ4n) is 3.33. The van der Waals surface area contributed by atoms with E-state index in [1.807, 2.05) is 13.0 Å². The predicted molar refractivity (Wildman–Crippen MR) is 88.3 cm³/mol. The Morgan fingerprint density at radius 1 is 1.18 bits per heavy atom. The largest absolute Gasteiger partial charge is 0.484 e. The Bertz CT molecular complexity index is 492. The van der Waals surface area contributed by atoms with E-state index in [1.54, 1.807) is 6.07 Å².